The van der Waals surface area contributed by atoms with Gasteiger partial charge in [-0.1, -0.05) is 6.92 Å². The van der Waals surface area contributed by atoms with E-state index in [0.29, 0.717) is 18.5 Å². The van der Waals surface area contributed by atoms with Crippen molar-refractivity contribution in [3.63, 3.8) is 0 Å². The molecular formula is C13H18N2O2. The lowest BCUT2D eigenvalue weighted by Gasteiger charge is -2.06. The Morgan fingerprint density at radius 3 is 2.29 bits per heavy atom. The molecule has 1 amide bonds. The lowest BCUT2D eigenvalue weighted by Crippen LogP contribution is -2.29. The molecule has 1 rings (SSSR count). The minimum Gasteiger partial charge on any atom is -0.376 e. The van der Waals surface area contributed by atoms with Gasteiger partial charge in [-0.05, 0) is 31.2 Å². The highest BCUT2D eigenvalue weighted by Gasteiger charge is 2.03. The third-order valence-electron chi connectivity index (χ3n) is 2.36. The predicted octanol–water partition coefficient (Wildman–Crippen LogP) is 1.83. The van der Waals surface area contributed by atoms with Crippen LogP contribution in [0.2, 0.25) is 0 Å². The molecule has 0 aliphatic heterocycles. The van der Waals surface area contributed by atoms with Crippen molar-refractivity contribution in [2.24, 2.45) is 0 Å². The molecule has 0 spiro atoms. The van der Waals surface area contributed by atoms with Gasteiger partial charge < -0.3 is 10.6 Å². The van der Waals surface area contributed by atoms with Crippen LogP contribution >= 0.6 is 0 Å². The topological polar surface area (TPSA) is 58.2 Å². The van der Waals surface area contributed by atoms with Crippen LogP contribution in [0, 0.1) is 0 Å². The molecule has 0 bridgehead atoms. The lowest BCUT2D eigenvalue weighted by molar-refractivity contribution is -0.119. The maximum absolute atomic E-state index is 11.4. The lowest BCUT2D eigenvalue weighted by atomic mass is 10.1. The van der Waals surface area contributed by atoms with Crippen LogP contribution in [-0.4, -0.2) is 24.8 Å². The zero-order valence-electron chi connectivity index (χ0n) is 10.2. The predicted molar refractivity (Wildman–Crippen MR) is 68.2 cm³/mol. The van der Waals surface area contributed by atoms with Gasteiger partial charge in [-0.3, -0.25) is 9.59 Å². The zero-order valence-corrected chi connectivity index (χ0v) is 10.2. The molecule has 4 heteroatoms. The van der Waals surface area contributed by atoms with Crippen LogP contribution in [0.5, 0.6) is 0 Å². The second-order valence-corrected chi connectivity index (χ2v) is 3.66. The number of rotatable bonds is 6. The monoisotopic (exact) mass is 234 g/mol. The smallest absolute Gasteiger partial charge is 0.239 e. The van der Waals surface area contributed by atoms with E-state index in [9.17, 15) is 9.59 Å². The van der Waals surface area contributed by atoms with Crippen LogP contribution < -0.4 is 10.6 Å². The van der Waals surface area contributed by atoms with Gasteiger partial charge in [0.2, 0.25) is 5.91 Å². The number of hydrogen-bond donors (Lipinski definition) is 2. The largest absolute Gasteiger partial charge is 0.376 e. The minimum atomic E-state index is -0.0405. The molecule has 4 nitrogen and oxygen atoms in total. The number of likely N-dealkylation sites (N-methyl/N-ethyl adjacent to an activating group) is 1. The Hall–Kier alpha value is -1.84. The molecule has 0 unspecified atom stereocenters. The fourth-order valence-corrected chi connectivity index (χ4v) is 1.42. The normalized spacial score (nSPS) is 9.76. The van der Waals surface area contributed by atoms with E-state index < -0.39 is 0 Å². The fourth-order valence-electron chi connectivity index (χ4n) is 1.42. The van der Waals surface area contributed by atoms with Gasteiger partial charge in [0.25, 0.3) is 0 Å². The molecule has 0 aromatic heterocycles. The zero-order chi connectivity index (χ0) is 12.7. The standard InChI is InChI=1S/C13H18N2O2/c1-3-12(16)10-5-7-11(8-6-10)15-9-13(17)14-4-2/h5-8,15H,3-4,9H2,1-2H3,(H,14,17). The van der Waals surface area contributed by atoms with Crippen LogP contribution in [0.25, 0.3) is 0 Å². The van der Waals surface area contributed by atoms with E-state index in [4.69, 9.17) is 0 Å². The highest BCUT2D eigenvalue weighted by Crippen LogP contribution is 2.10. The Kier molecular flexibility index (Phi) is 5.20. The van der Waals surface area contributed by atoms with Crippen molar-refractivity contribution in [2.45, 2.75) is 20.3 Å². The Morgan fingerprint density at radius 1 is 1.12 bits per heavy atom. The number of anilines is 1. The first-order valence-corrected chi connectivity index (χ1v) is 5.81. The number of carbonyl (C=O) groups is 2. The van der Waals surface area contributed by atoms with E-state index >= 15 is 0 Å². The van der Waals surface area contributed by atoms with Crippen LogP contribution in [0.1, 0.15) is 30.6 Å². The molecule has 0 aliphatic rings. The van der Waals surface area contributed by atoms with Crippen molar-refractivity contribution in [3.8, 4) is 0 Å². The molecular weight excluding hydrogens is 216 g/mol. The average Bonchev–Trinajstić information content (AvgIpc) is 2.36. The molecule has 0 saturated carbocycles. The summed E-state index contributed by atoms with van der Waals surface area (Å²) in [4.78, 5) is 22.6. The number of benzene rings is 1. The molecule has 2 N–H and O–H groups in total. The summed E-state index contributed by atoms with van der Waals surface area (Å²) in [6.07, 6.45) is 0.506. The van der Waals surface area contributed by atoms with E-state index in [1.807, 2.05) is 26.0 Å². The maximum atomic E-state index is 11.4. The Bertz CT molecular complexity index is 385. The first kappa shape index (κ1) is 13.2. The fraction of sp³-hybridized carbons (Fsp3) is 0.385. The second-order valence-electron chi connectivity index (χ2n) is 3.66. The third kappa shape index (κ3) is 4.26. The van der Waals surface area contributed by atoms with E-state index in [-0.39, 0.29) is 18.2 Å². The Balaban J connectivity index is 2.51. The van der Waals surface area contributed by atoms with E-state index in [1.54, 1.807) is 12.1 Å². The molecule has 1 aromatic rings. The molecule has 0 atom stereocenters. The molecule has 17 heavy (non-hydrogen) atoms. The van der Waals surface area contributed by atoms with Gasteiger partial charge in [0.15, 0.2) is 5.78 Å². The van der Waals surface area contributed by atoms with Crippen molar-refractivity contribution in [1.29, 1.82) is 0 Å². The third-order valence-corrected chi connectivity index (χ3v) is 2.36. The Labute approximate surface area is 101 Å². The Morgan fingerprint density at radius 2 is 1.76 bits per heavy atom. The number of Topliss-reactive ketones (excluding diaryl/α,β-unsaturated/α-hetero) is 1. The number of nitrogens with one attached hydrogen (secondary N) is 2. The number of amides is 1. The molecule has 0 radical (unpaired) electrons. The summed E-state index contributed by atoms with van der Waals surface area (Å²) in [5.41, 5.74) is 1.54. The SMILES string of the molecule is CCNC(=O)CNc1ccc(C(=O)CC)cc1. The summed E-state index contributed by atoms with van der Waals surface area (Å²) >= 11 is 0. The molecule has 0 heterocycles. The molecule has 0 aliphatic carbocycles. The average molecular weight is 234 g/mol. The summed E-state index contributed by atoms with van der Waals surface area (Å²) in [6, 6.07) is 7.15. The van der Waals surface area contributed by atoms with Crippen LogP contribution in [0.4, 0.5) is 5.69 Å². The minimum absolute atomic E-state index is 0.0405. The molecule has 92 valence electrons. The van der Waals surface area contributed by atoms with Gasteiger partial charge in [0.05, 0.1) is 6.54 Å². The van der Waals surface area contributed by atoms with E-state index in [2.05, 4.69) is 10.6 Å². The molecule has 0 fully saturated rings. The van der Waals surface area contributed by atoms with Crippen molar-refractivity contribution in [2.75, 3.05) is 18.4 Å². The maximum Gasteiger partial charge on any atom is 0.239 e. The van der Waals surface area contributed by atoms with Crippen molar-refractivity contribution < 1.29 is 9.59 Å². The quantitative estimate of drug-likeness (QED) is 0.738. The van der Waals surface area contributed by atoms with Crippen LogP contribution in [-0.2, 0) is 4.79 Å². The van der Waals surface area contributed by atoms with Gasteiger partial charge in [-0.15, -0.1) is 0 Å². The first-order chi connectivity index (χ1) is 8.17. The van der Waals surface area contributed by atoms with Crippen LogP contribution in [0.3, 0.4) is 0 Å². The van der Waals surface area contributed by atoms with E-state index in [1.165, 1.54) is 0 Å². The highest BCUT2D eigenvalue weighted by molar-refractivity contribution is 5.96. The summed E-state index contributed by atoms with van der Waals surface area (Å²) in [5, 5.41) is 5.69. The van der Waals surface area contributed by atoms with Gasteiger partial charge in [-0.25, -0.2) is 0 Å². The van der Waals surface area contributed by atoms with Crippen molar-refractivity contribution >= 4 is 17.4 Å². The van der Waals surface area contributed by atoms with Gasteiger partial charge in [0.1, 0.15) is 0 Å². The summed E-state index contributed by atoms with van der Waals surface area (Å²) in [7, 11) is 0. The first-order valence-electron chi connectivity index (χ1n) is 5.81. The molecule has 1 aromatic carbocycles. The summed E-state index contributed by atoms with van der Waals surface area (Å²) in [6.45, 7) is 4.59. The molecule has 0 saturated heterocycles. The van der Waals surface area contributed by atoms with Crippen LogP contribution in [0.15, 0.2) is 24.3 Å². The number of hydrogen-bond acceptors (Lipinski definition) is 3. The second kappa shape index (κ2) is 6.68. The van der Waals surface area contributed by atoms with Gasteiger partial charge in [0, 0.05) is 24.2 Å². The highest BCUT2D eigenvalue weighted by atomic mass is 16.1. The number of carbonyl (C=O) groups excluding carboxylic acids is 2. The summed E-state index contributed by atoms with van der Waals surface area (Å²) < 4.78 is 0. The number of ketones is 1. The van der Waals surface area contributed by atoms with Crippen molar-refractivity contribution in [3.05, 3.63) is 29.8 Å². The van der Waals surface area contributed by atoms with Gasteiger partial charge >= 0.3 is 0 Å². The van der Waals surface area contributed by atoms with Crippen molar-refractivity contribution in [1.82, 2.24) is 5.32 Å². The van der Waals surface area contributed by atoms with E-state index in [0.717, 1.165) is 5.69 Å². The van der Waals surface area contributed by atoms with Gasteiger partial charge in [-0.2, -0.15) is 0 Å². The summed E-state index contributed by atoms with van der Waals surface area (Å²) in [5.74, 6) is 0.0847.